The fourth-order valence-electron chi connectivity index (χ4n) is 3.49. The number of carbonyl (C=O) groups excluding carboxylic acids is 1. The van der Waals surface area contributed by atoms with Gasteiger partial charge in [0.25, 0.3) is 5.91 Å². The molecule has 2 atom stereocenters. The van der Waals surface area contributed by atoms with Gasteiger partial charge in [-0.25, -0.2) is 0 Å². The summed E-state index contributed by atoms with van der Waals surface area (Å²) < 4.78 is 0. The van der Waals surface area contributed by atoms with Crippen LogP contribution in [-0.4, -0.2) is 43.0 Å². The van der Waals surface area contributed by atoms with Crippen molar-refractivity contribution >= 4 is 30.7 Å². The van der Waals surface area contributed by atoms with Crippen LogP contribution in [0.1, 0.15) is 42.1 Å². The van der Waals surface area contributed by atoms with E-state index in [4.69, 9.17) is 0 Å². The average Bonchev–Trinajstić information content (AvgIpc) is 3.03. The SMILES string of the molecule is CC1CNCCC1NC(=O)c1cccc(CN2CCCC2)c1.Cl.Cl. The molecule has 1 aromatic rings. The van der Waals surface area contributed by atoms with Crippen molar-refractivity contribution in [1.29, 1.82) is 0 Å². The van der Waals surface area contributed by atoms with E-state index in [0.29, 0.717) is 5.92 Å². The molecule has 0 aliphatic carbocycles. The molecule has 136 valence electrons. The van der Waals surface area contributed by atoms with Crippen molar-refractivity contribution in [3.8, 4) is 0 Å². The van der Waals surface area contributed by atoms with E-state index < -0.39 is 0 Å². The fraction of sp³-hybridized carbons (Fsp3) is 0.611. The van der Waals surface area contributed by atoms with E-state index in [1.807, 2.05) is 12.1 Å². The van der Waals surface area contributed by atoms with Crippen molar-refractivity contribution in [3.63, 3.8) is 0 Å². The van der Waals surface area contributed by atoms with Crippen molar-refractivity contribution in [2.75, 3.05) is 26.2 Å². The molecule has 1 amide bonds. The first kappa shape index (κ1) is 21.2. The largest absolute Gasteiger partial charge is 0.349 e. The van der Waals surface area contributed by atoms with Crippen LogP contribution in [0, 0.1) is 5.92 Å². The highest BCUT2D eigenvalue weighted by Gasteiger charge is 2.23. The number of hydrogen-bond acceptors (Lipinski definition) is 3. The Morgan fingerprint density at radius 1 is 1.29 bits per heavy atom. The first-order valence-electron chi connectivity index (χ1n) is 8.55. The highest BCUT2D eigenvalue weighted by Crippen LogP contribution is 2.15. The van der Waals surface area contributed by atoms with Crippen LogP contribution >= 0.6 is 24.8 Å². The van der Waals surface area contributed by atoms with E-state index in [1.165, 1.54) is 31.5 Å². The van der Waals surface area contributed by atoms with E-state index in [9.17, 15) is 4.79 Å². The number of rotatable bonds is 4. The molecule has 2 N–H and O–H groups in total. The van der Waals surface area contributed by atoms with Gasteiger partial charge >= 0.3 is 0 Å². The van der Waals surface area contributed by atoms with Gasteiger partial charge in [-0.2, -0.15) is 0 Å². The van der Waals surface area contributed by atoms with Crippen LogP contribution in [0.3, 0.4) is 0 Å². The summed E-state index contributed by atoms with van der Waals surface area (Å²) in [6.45, 7) is 7.50. The van der Waals surface area contributed by atoms with Crippen LogP contribution in [0.2, 0.25) is 0 Å². The zero-order chi connectivity index (χ0) is 15.4. The summed E-state index contributed by atoms with van der Waals surface area (Å²) >= 11 is 0. The smallest absolute Gasteiger partial charge is 0.251 e. The lowest BCUT2D eigenvalue weighted by Crippen LogP contribution is -2.48. The number of amides is 1. The maximum absolute atomic E-state index is 12.5. The molecular weight excluding hydrogens is 345 g/mol. The number of halogens is 2. The second-order valence-electron chi connectivity index (χ2n) is 6.73. The monoisotopic (exact) mass is 373 g/mol. The van der Waals surface area contributed by atoms with Crippen molar-refractivity contribution in [1.82, 2.24) is 15.5 Å². The van der Waals surface area contributed by atoms with Gasteiger partial charge < -0.3 is 10.6 Å². The molecule has 2 aliphatic heterocycles. The number of carbonyl (C=O) groups is 1. The Hall–Kier alpha value is -0.810. The Kier molecular flexibility index (Phi) is 9.06. The van der Waals surface area contributed by atoms with Crippen LogP contribution in [-0.2, 0) is 6.54 Å². The lowest BCUT2D eigenvalue weighted by molar-refractivity contribution is 0.0914. The minimum absolute atomic E-state index is 0. The Labute approximate surface area is 157 Å². The zero-order valence-electron chi connectivity index (χ0n) is 14.3. The van der Waals surface area contributed by atoms with Gasteiger partial charge in [-0.3, -0.25) is 9.69 Å². The summed E-state index contributed by atoms with van der Waals surface area (Å²) in [6.07, 6.45) is 3.61. The summed E-state index contributed by atoms with van der Waals surface area (Å²) in [6, 6.07) is 8.40. The van der Waals surface area contributed by atoms with Crippen LogP contribution < -0.4 is 10.6 Å². The van der Waals surface area contributed by atoms with E-state index in [2.05, 4.69) is 34.6 Å². The highest BCUT2D eigenvalue weighted by molar-refractivity contribution is 5.94. The second-order valence-corrected chi connectivity index (χ2v) is 6.73. The molecule has 24 heavy (non-hydrogen) atoms. The number of hydrogen-bond donors (Lipinski definition) is 2. The van der Waals surface area contributed by atoms with Gasteiger partial charge in [0.1, 0.15) is 0 Å². The van der Waals surface area contributed by atoms with Crippen molar-refractivity contribution in [2.45, 2.75) is 38.8 Å². The molecule has 0 bridgehead atoms. The molecule has 2 aliphatic rings. The molecule has 6 heteroatoms. The maximum Gasteiger partial charge on any atom is 0.251 e. The van der Waals surface area contributed by atoms with E-state index >= 15 is 0 Å². The molecule has 4 nitrogen and oxygen atoms in total. The molecule has 2 saturated heterocycles. The van der Waals surface area contributed by atoms with Crippen LogP contribution in [0.15, 0.2) is 24.3 Å². The number of likely N-dealkylation sites (tertiary alicyclic amines) is 1. The zero-order valence-corrected chi connectivity index (χ0v) is 15.9. The van der Waals surface area contributed by atoms with Crippen molar-refractivity contribution < 1.29 is 4.79 Å². The van der Waals surface area contributed by atoms with Crippen LogP contribution in [0.5, 0.6) is 0 Å². The molecule has 0 spiro atoms. The summed E-state index contributed by atoms with van der Waals surface area (Å²) in [7, 11) is 0. The maximum atomic E-state index is 12.5. The Morgan fingerprint density at radius 2 is 2.04 bits per heavy atom. The Balaban J connectivity index is 0.00000144. The van der Waals surface area contributed by atoms with Crippen molar-refractivity contribution in [2.24, 2.45) is 5.92 Å². The molecule has 0 aromatic heterocycles. The van der Waals surface area contributed by atoms with Gasteiger partial charge in [-0.15, -0.1) is 24.8 Å². The molecule has 2 heterocycles. The van der Waals surface area contributed by atoms with Gasteiger partial charge in [0.15, 0.2) is 0 Å². The van der Waals surface area contributed by atoms with Gasteiger partial charge in [-0.1, -0.05) is 19.1 Å². The molecule has 1 aromatic carbocycles. The number of benzene rings is 1. The highest BCUT2D eigenvalue weighted by atomic mass is 35.5. The Bertz CT molecular complexity index is 521. The summed E-state index contributed by atoms with van der Waals surface area (Å²) in [5.41, 5.74) is 2.04. The molecule has 0 saturated carbocycles. The average molecular weight is 374 g/mol. The third kappa shape index (κ3) is 5.62. The molecule has 0 radical (unpaired) electrons. The summed E-state index contributed by atoms with van der Waals surface area (Å²) in [4.78, 5) is 15.0. The topological polar surface area (TPSA) is 44.4 Å². The van der Waals surface area contributed by atoms with Crippen LogP contribution in [0.4, 0.5) is 0 Å². The van der Waals surface area contributed by atoms with Gasteiger partial charge in [-0.05, 0) is 69.1 Å². The third-order valence-electron chi connectivity index (χ3n) is 4.90. The number of nitrogens with one attached hydrogen (secondary N) is 2. The lowest BCUT2D eigenvalue weighted by Gasteiger charge is -2.30. The van der Waals surface area contributed by atoms with Crippen molar-refractivity contribution in [3.05, 3.63) is 35.4 Å². The van der Waals surface area contributed by atoms with E-state index in [1.54, 1.807) is 0 Å². The fourth-order valence-corrected chi connectivity index (χ4v) is 3.49. The molecule has 2 unspecified atom stereocenters. The van der Waals surface area contributed by atoms with E-state index in [-0.39, 0.29) is 36.8 Å². The van der Waals surface area contributed by atoms with Gasteiger partial charge in [0, 0.05) is 18.2 Å². The predicted octanol–water partition coefficient (Wildman–Crippen LogP) is 2.85. The first-order chi connectivity index (χ1) is 10.7. The standard InChI is InChI=1S/C18H27N3O.2ClH/c1-14-12-19-8-7-17(14)20-18(22)16-6-4-5-15(11-16)13-21-9-2-3-10-21;;/h4-6,11,14,17,19H,2-3,7-10,12-13H2,1H3,(H,20,22);2*1H. The molecule has 3 rings (SSSR count). The minimum Gasteiger partial charge on any atom is -0.349 e. The number of nitrogens with zero attached hydrogens (tertiary/aromatic N) is 1. The normalized spacial score (nSPS) is 23.9. The van der Waals surface area contributed by atoms with Crippen LogP contribution in [0.25, 0.3) is 0 Å². The minimum atomic E-state index is 0. The summed E-state index contributed by atoms with van der Waals surface area (Å²) in [5, 5.41) is 6.58. The first-order valence-corrected chi connectivity index (χ1v) is 8.55. The Morgan fingerprint density at radius 3 is 2.75 bits per heavy atom. The summed E-state index contributed by atoms with van der Waals surface area (Å²) in [5.74, 6) is 0.563. The molecule has 2 fully saturated rings. The molecular formula is C18H29Cl2N3O. The third-order valence-corrected chi connectivity index (χ3v) is 4.90. The quantitative estimate of drug-likeness (QED) is 0.852. The van der Waals surface area contributed by atoms with Gasteiger partial charge in [0.2, 0.25) is 0 Å². The number of piperidine rings is 1. The van der Waals surface area contributed by atoms with Gasteiger partial charge in [0.05, 0.1) is 0 Å². The lowest BCUT2D eigenvalue weighted by atomic mass is 9.95. The predicted molar refractivity (Wildman–Crippen MR) is 103 cm³/mol. The van der Waals surface area contributed by atoms with E-state index in [0.717, 1.165) is 31.6 Å². The second kappa shape index (κ2) is 10.2.